The standard InChI is InChI=1S/C14H20ClN3O6S/c1-4-24-14(19)8-7-16-17-13(8)25(20,21)18-10-5-9(15)11(22-2)6-12(10)23-3/h5-6,8,13,16-18H,4,7H2,1-3H3. The number of rotatable bonds is 7. The van der Waals surface area contributed by atoms with Gasteiger partial charge in [-0.1, -0.05) is 11.6 Å². The number of carbonyl (C=O) groups is 1. The summed E-state index contributed by atoms with van der Waals surface area (Å²) in [4.78, 5) is 12.0. The summed E-state index contributed by atoms with van der Waals surface area (Å²) >= 11 is 6.05. The lowest BCUT2D eigenvalue weighted by molar-refractivity contribution is -0.147. The van der Waals surface area contributed by atoms with Gasteiger partial charge in [-0.05, 0) is 13.0 Å². The van der Waals surface area contributed by atoms with E-state index in [4.69, 9.17) is 25.8 Å². The van der Waals surface area contributed by atoms with Gasteiger partial charge in [0.25, 0.3) is 10.0 Å². The summed E-state index contributed by atoms with van der Waals surface area (Å²) in [5.74, 6) is -0.928. The Bertz CT molecular complexity index is 742. The number of nitrogens with one attached hydrogen (secondary N) is 3. The molecular weight excluding hydrogens is 374 g/mol. The van der Waals surface area contributed by atoms with Gasteiger partial charge in [-0.3, -0.25) is 14.9 Å². The van der Waals surface area contributed by atoms with Crippen molar-refractivity contribution in [3.05, 3.63) is 17.2 Å². The van der Waals surface area contributed by atoms with Crippen LogP contribution < -0.4 is 25.0 Å². The summed E-state index contributed by atoms with van der Waals surface area (Å²) in [7, 11) is -1.18. The Morgan fingerprint density at radius 1 is 1.32 bits per heavy atom. The van der Waals surface area contributed by atoms with Crippen LogP contribution in [0.4, 0.5) is 5.69 Å². The van der Waals surface area contributed by atoms with Crippen molar-refractivity contribution in [1.82, 2.24) is 10.9 Å². The zero-order valence-corrected chi connectivity index (χ0v) is 15.5. The first-order chi connectivity index (χ1) is 11.8. The number of hydrogen-bond donors (Lipinski definition) is 3. The fourth-order valence-electron chi connectivity index (χ4n) is 2.38. The molecule has 2 unspecified atom stereocenters. The van der Waals surface area contributed by atoms with Gasteiger partial charge in [0.1, 0.15) is 17.4 Å². The van der Waals surface area contributed by atoms with Gasteiger partial charge in [0.15, 0.2) is 5.37 Å². The molecule has 0 saturated carbocycles. The number of hydrazine groups is 1. The topological polar surface area (TPSA) is 115 Å². The highest BCUT2D eigenvalue weighted by molar-refractivity contribution is 7.93. The Morgan fingerprint density at radius 2 is 2.00 bits per heavy atom. The summed E-state index contributed by atoms with van der Waals surface area (Å²) in [5, 5.41) is -1.00. The molecule has 9 nitrogen and oxygen atoms in total. The quantitative estimate of drug-likeness (QED) is 0.580. The Morgan fingerprint density at radius 3 is 2.60 bits per heavy atom. The first kappa shape index (κ1) is 19.6. The molecule has 0 amide bonds. The van der Waals surface area contributed by atoms with Crippen LogP contribution in [0.25, 0.3) is 0 Å². The van der Waals surface area contributed by atoms with Crippen molar-refractivity contribution >= 4 is 33.3 Å². The second kappa shape index (κ2) is 8.09. The molecule has 0 radical (unpaired) electrons. The van der Waals surface area contributed by atoms with Gasteiger partial charge >= 0.3 is 5.97 Å². The Hall–Kier alpha value is -1.75. The van der Waals surface area contributed by atoms with Crippen molar-refractivity contribution < 1.29 is 27.4 Å². The number of methoxy groups -OCH3 is 2. The van der Waals surface area contributed by atoms with Crippen LogP contribution in [-0.4, -0.2) is 47.1 Å². The monoisotopic (exact) mass is 393 g/mol. The number of carbonyl (C=O) groups excluding carboxylic acids is 1. The molecule has 140 valence electrons. The molecule has 0 aliphatic carbocycles. The number of benzene rings is 1. The average Bonchev–Trinajstić information content (AvgIpc) is 3.06. The van der Waals surface area contributed by atoms with Crippen LogP contribution in [0.3, 0.4) is 0 Å². The second-order valence-corrected chi connectivity index (χ2v) is 7.35. The molecule has 2 rings (SSSR count). The van der Waals surface area contributed by atoms with Gasteiger partial charge in [0.05, 0.1) is 31.5 Å². The number of hydrogen-bond acceptors (Lipinski definition) is 8. The van der Waals surface area contributed by atoms with Gasteiger partial charge < -0.3 is 14.2 Å². The predicted octanol–water partition coefficient (Wildman–Crippen LogP) is 0.712. The first-order valence-electron chi connectivity index (χ1n) is 7.42. The lowest BCUT2D eigenvalue weighted by Crippen LogP contribution is -2.44. The molecule has 25 heavy (non-hydrogen) atoms. The first-order valence-corrected chi connectivity index (χ1v) is 9.34. The lowest BCUT2D eigenvalue weighted by atomic mass is 10.2. The average molecular weight is 394 g/mol. The molecule has 1 fully saturated rings. The van der Waals surface area contributed by atoms with E-state index in [1.165, 1.54) is 26.4 Å². The summed E-state index contributed by atoms with van der Waals surface area (Å²) in [6.45, 7) is 1.95. The number of sulfonamides is 1. The van der Waals surface area contributed by atoms with Crippen molar-refractivity contribution in [1.29, 1.82) is 0 Å². The van der Waals surface area contributed by atoms with Crippen LogP contribution in [0.15, 0.2) is 12.1 Å². The van der Waals surface area contributed by atoms with E-state index in [0.717, 1.165) is 0 Å². The minimum Gasteiger partial charge on any atom is -0.495 e. The Kier molecular flexibility index (Phi) is 6.33. The molecule has 1 aliphatic heterocycles. The van der Waals surface area contributed by atoms with E-state index in [1.54, 1.807) is 6.92 Å². The zero-order chi connectivity index (χ0) is 18.6. The van der Waals surface area contributed by atoms with E-state index in [-0.39, 0.29) is 29.6 Å². The molecule has 0 spiro atoms. The molecule has 2 atom stereocenters. The maximum absolute atomic E-state index is 12.7. The van der Waals surface area contributed by atoms with E-state index >= 15 is 0 Å². The normalized spacial score (nSPS) is 20.2. The number of anilines is 1. The molecule has 3 N–H and O–H groups in total. The van der Waals surface area contributed by atoms with Crippen molar-refractivity contribution in [3.8, 4) is 11.5 Å². The van der Waals surface area contributed by atoms with Crippen molar-refractivity contribution in [3.63, 3.8) is 0 Å². The Labute approximate surface area is 151 Å². The van der Waals surface area contributed by atoms with Gasteiger partial charge in [0.2, 0.25) is 0 Å². The molecule has 1 heterocycles. The highest BCUT2D eigenvalue weighted by Crippen LogP contribution is 2.36. The highest BCUT2D eigenvalue weighted by atomic mass is 35.5. The second-order valence-electron chi connectivity index (χ2n) is 5.14. The lowest BCUT2D eigenvalue weighted by Gasteiger charge is -2.20. The summed E-state index contributed by atoms with van der Waals surface area (Å²) in [6, 6.07) is 2.84. The summed E-state index contributed by atoms with van der Waals surface area (Å²) in [5.41, 5.74) is 5.38. The number of esters is 1. The smallest absolute Gasteiger partial charge is 0.313 e. The van der Waals surface area contributed by atoms with E-state index in [0.29, 0.717) is 5.75 Å². The van der Waals surface area contributed by atoms with E-state index in [1.807, 2.05) is 0 Å². The molecule has 0 aromatic heterocycles. The van der Waals surface area contributed by atoms with Gasteiger partial charge in [-0.15, -0.1) is 0 Å². The third-order valence-electron chi connectivity index (χ3n) is 3.58. The maximum atomic E-state index is 12.7. The number of halogens is 1. The summed E-state index contributed by atoms with van der Waals surface area (Å²) in [6.07, 6.45) is 0. The van der Waals surface area contributed by atoms with Crippen LogP contribution in [0, 0.1) is 5.92 Å². The van der Waals surface area contributed by atoms with Crippen LogP contribution >= 0.6 is 11.6 Å². The number of ether oxygens (including phenoxy) is 3. The van der Waals surface area contributed by atoms with Crippen LogP contribution in [0.1, 0.15) is 6.92 Å². The Balaban J connectivity index is 2.29. The highest BCUT2D eigenvalue weighted by Gasteiger charge is 2.43. The van der Waals surface area contributed by atoms with Crippen LogP contribution in [0.5, 0.6) is 11.5 Å². The van der Waals surface area contributed by atoms with E-state index in [2.05, 4.69) is 15.6 Å². The van der Waals surface area contributed by atoms with Gasteiger partial charge in [-0.25, -0.2) is 13.8 Å². The minimum absolute atomic E-state index is 0.129. The minimum atomic E-state index is -4.00. The maximum Gasteiger partial charge on any atom is 0.313 e. The molecule has 11 heteroatoms. The molecule has 0 bridgehead atoms. The largest absolute Gasteiger partial charge is 0.495 e. The summed E-state index contributed by atoms with van der Waals surface area (Å²) < 4.78 is 43.0. The van der Waals surface area contributed by atoms with Crippen LogP contribution in [0.2, 0.25) is 5.02 Å². The van der Waals surface area contributed by atoms with Crippen molar-refractivity contribution in [2.75, 3.05) is 32.1 Å². The van der Waals surface area contributed by atoms with E-state index in [9.17, 15) is 13.2 Å². The van der Waals surface area contributed by atoms with Crippen molar-refractivity contribution in [2.45, 2.75) is 12.3 Å². The van der Waals surface area contributed by atoms with Gasteiger partial charge in [-0.2, -0.15) is 0 Å². The molecule has 1 saturated heterocycles. The fraction of sp³-hybridized carbons (Fsp3) is 0.500. The molecule has 1 aromatic carbocycles. The molecular formula is C14H20ClN3O6S. The SMILES string of the molecule is CCOC(=O)C1CNNC1S(=O)(=O)Nc1cc(Cl)c(OC)cc1OC. The van der Waals surface area contributed by atoms with Gasteiger partial charge in [0, 0.05) is 12.6 Å². The molecule has 1 aliphatic rings. The third kappa shape index (κ3) is 4.27. The zero-order valence-electron chi connectivity index (χ0n) is 14.0. The van der Waals surface area contributed by atoms with Crippen LogP contribution in [-0.2, 0) is 19.6 Å². The predicted molar refractivity (Wildman–Crippen MR) is 92.1 cm³/mol. The third-order valence-corrected chi connectivity index (χ3v) is 5.50. The molecule has 1 aromatic rings. The van der Waals surface area contributed by atoms with Crippen molar-refractivity contribution in [2.24, 2.45) is 5.92 Å². The van der Waals surface area contributed by atoms with E-state index < -0.39 is 27.3 Å². The fourth-order valence-corrected chi connectivity index (χ4v) is 4.10.